The normalized spacial score (nSPS) is 21.9. The highest BCUT2D eigenvalue weighted by atomic mass is 35.5. The highest BCUT2D eigenvalue weighted by Gasteiger charge is 2.32. The van der Waals surface area contributed by atoms with Gasteiger partial charge in [-0.05, 0) is 52.2 Å². The number of hydrogen-bond donors (Lipinski definition) is 1. The van der Waals surface area contributed by atoms with Gasteiger partial charge in [-0.2, -0.15) is 0 Å². The predicted octanol–water partition coefficient (Wildman–Crippen LogP) is 3.89. The largest absolute Gasteiger partial charge is 0.460 e. The number of rotatable bonds is 3. The van der Waals surface area contributed by atoms with Crippen molar-refractivity contribution in [2.45, 2.75) is 52.1 Å². The molecule has 0 aliphatic carbocycles. The maximum Gasteiger partial charge on any atom is 0.376 e. The standard InChI is InChI=1S/C17H24ClN3O2/c1-4-23-17(22)16(21-12(2)8-7-9-13(21)3)20-19-15-11-6-5-10-14(15)18/h5-6,10-13,19H,4,7-9H2,1-3H3/b20-16+/t12-,13-/m0/s1. The van der Waals surface area contributed by atoms with Crippen molar-refractivity contribution in [3.8, 4) is 0 Å². The van der Waals surface area contributed by atoms with Crippen LogP contribution < -0.4 is 5.43 Å². The molecule has 23 heavy (non-hydrogen) atoms. The first-order valence-electron chi connectivity index (χ1n) is 8.08. The van der Waals surface area contributed by atoms with Gasteiger partial charge >= 0.3 is 5.97 Å². The molecule has 0 aromatic heterocycles. The first kappa shape index (κ1) is 17.6. The summed E-state index contributed by atoms with van der Waals surface area (Å²) in [5.74, 6) is -0.0980. The number of amidine groups is 1. The molecule has 1 N–H and O–H groups in total. The van der Waals surface area contributed by atoms with E-state index in [-0.39, 0.29) is 12.1 Å². The zero-order chi connectivity index (χ0) is 16.8. The van der Waals surface area contributed by atoms with Crippen molar-refractivity contribution < 1.29 is 9.53 Å². The third kappa shape index (κ3) is 4.38. The average Bonchev–Trinajstić information content (AvgIpc) is 2.51. The minimum absolute atomic E-state index is 0.245. The molecule has 0 unspecified atom stereocenters. The maximum atomic E-state index is 12.4. The number of nitrogens with one attached hydrogen (secondary N) is 1. The van der Waals surface area contributed by atoms with Crippen LogP contribution in [0.2, 0.25) is 5.02 Å². The summed E-state index contributed by atoms with van der Waals surface area (Å²) in [6, 6.07) is 7.79. The van der Waals surface area contributed by atoms with Gasteiger partial charge in [-0.25, -0.2) is 4.79 Å². The van der Waals surface area contributed by atoms with E-state index in [4.69, 9.17) is 16.3 Å². The van der Waals surface area contributed by atoms with Crippen LogP contribution in [0.3, 0.4) is 0 Å². The van der Waals surface area contributed by atoms with E-state index in [0.717, 1.165) is 19.3 Å². The van der Waals surface area contributed by atoms with E-state index in [2.05, 4.69) is 24.4 Å². The molecule has 2 rings (SSSR count). The molecule has 2 atom stereocenters. The number of benzene rings is 1. The van der Waals surface area contributed by atoms with Crippen molar-refractivity contribution in [1.29, 1.82) is 0 Å². The molecule has 0 bridgehead atoms. The van der Waals surface area contributed by atoms with Crippen LogP contribution in [0.5, 0.6) is 0 Å². The van der Waals surface area contributed by atoms with E-state index in [0.29, 0.717) is 23.2 Å². The highest BCUT2D eigenvalue weighted by Crippen LogP contribution is 2.24. The second-order valence-electron chi connectivity index (χ2n) is 5.78. The summed E-state index contributed by atoms with van der Waals surface area (Å²) in [6.45, 7) is 6.33. The molecule has 0 spiro atoms. The number of ether oxygens (including phenoxy) is 1. The number of esters is 1. The van der Waals surface area contributed by atoms with Crippen LogP contribution in [0.1, 0.15) is 40.0 Å². The van der Waals surface area contributed by atoms with Gasteiger partial charge in [0, 0.05) is 12.1 Å². The second kappa shape index (κ2) is 8.20. The molecule has 126 valence electrons. The van der Waals surface area contributed by atoms with Crippen molar-refractivity contribution >= 4 is 29.1 Å². The fraction of sp³-hybridized carbons (Fsp3) is 0.529. The molecule has 1 aromatic rings. The number of hydrogen-bond acceptors (Lipinski definition) is 4. The maximum absolute atomic E-state index is 12.4. The fourth-order valence-electron chi connectivity index (χ4n) is 2.91. The first-order chi connectivity index (χ1) is 11.0. The lowest BCUT2D eigenvalue weighted by atomic mass is 9.97. The lowest BCUT2D eigenvalue weighted by Gasteiger charge is -2.40. The van der Waals surface area contributed by atoms with Crippen LogP contribution >= 0.6 is 11.6 Å². The molecule has 0 saturated carbocycles. The van der Waals surface area contributed by atoms with Crippen LogP contribution in [0.25, 0.3) is 0 Å². The molecule has 1 aromatic carbocycles. The van der Waals surface area contributed by atoms with Gasteiger partial charge in [-0.15, -0.1) is 5.10 Å². The van der Waals surface area contributed by atoms with Gasteiger partial charge in [0.1, 0.15) is 0 Å². The Balaban J connectivity index is 2.28. The van der Waals surface area contributed by atoms with Crippen LogP contribution in [-0.4, -0.2) is 35.4 Å². The minimum Gasteiger partial charge on any atom is -0.460 e. The SMILES string of the molecule is CCOC(=O)/C(=N\Nc1ccccc1Cl)N1[C@@H](C)CCC[C@@H]1C. The lowest BCUT2D eigenvalue weighted by molar-refractivity contribution is -0.136. The molecular formula is C17H24ClN3O2. The van der Waals surface area contributed by atoms with Gasteiger partial charge in [0.2, 0.25) is 5.84 Å². The van der Waals surface area contributed by atoms with Crippen molar-refractivity contribution in [3.05, 3.63) is 29.3 Å². The topological polar surface area (TPSA) is 53.9 Å². The Morgan fingerprint density at radius 1 is 1.35 bits per heavy atom. The Bertz CT molecular complexity index is 567. The molecular weight excluding hydrogens is 314 g/mol. The minimum atomic E-state index is -0.410. The van der Waals surface area contributed by atoms with Crippen LogP contribution in [-0.2, 0) is 9.53 Å². The van der Waals surface area contributed by atoms with E-state index < -0.39 is 5.97 Å². The first-order valence-corrected chi connectivity index (χ1v) is 8.46. The zero-order valence-corrected chi connectivity index (χ0v) is 14.6. The number of anilines is 1. The number of likely N-dealkylation sites (tertiary alicyclic amines) is 1. The molecule has 0 radical (unpaired) electrons. The summed E-state index contributed by atoms with van der Waals surface area (Å²) in [5.41, 5.74) is 3.56. The van der Waals surface area contributed by atoms with E-state index in [9.17, 15) is 4.79 Å². The van der Waals surface area contributed by atoms with Gasteiger partial charge in [0.05, 0.1) is 17.3 Å². The Labute approximate surface area is 142 Å². The van der Waals surface area contributed by atoms with Gasteiger partial charge < -0.3 is 9.64 Å². The predicted molar refractivity (Wildman–Crippen MR) is 93.8 cm³/mol. The second-order valence-corrected chi connectivity index (χ2v) is 6.19. The molecule has 1 saturated heterocycles. The number of para-hydroxylation sites is 1. The molecule has 5 nitrogen and oxygen atoms in total. The smallest absolute Gasteiger partial charge is 0.376 e. The molecule has 1 heterocycles. The number of hydrazone groups is 1. The van der Waals surface area contributed by atoms with E-state index in [1.54, 1.807) is 13.0 Å². The van der Waals surface area contributed by atoms with Crippen molar-refractivity contribution in [3.63, 3.8) is 0 Å². The number of carbonyl (C=O) groups is 1. The summed E-state index contributed by atoms with van der Waals surface area (Å²) >= 11 is 6.13. The van der Waals surface area contributed by atoms with Gasteiger partial charge in [0.15, 0.2) is 0 Å². The number of piperidine rings is 1. The highest BCUT2D eigenvalue weighted by molar-refractivity contribution is 6.36. The van der Waals surface area contributed by atoms with Gasteiger partial charge in [-0.3, -0.25) is 5.43 Å². The van der Waals surface area contributed by atoms with Gasteiger partial charge in [0.25, 0.3) is 0 Å². The Kier molecular flexibility index (Phi) is 6.28. The van der Waals surface area contributed by atoms with Crippen LogP contribution in [0.15, 0.2) is 29.4 Å². The van der Waals surface area contributed by atoms with Gasteiger partial charge in [-0.1, -0.05) is 23.7 Å². The molecule has 6 heteroatoms. The van der Waals surface area contributed by atoms with Crippen LogP contribution in [0.4, 0.5) is 5.69 Å². The Morgan fingerprint density at radius 2 is 2.00 bits per heavy atom. The number of carbonyl (C=O) groups excluding carboxylic acids is 1. The van der Waals surface area contributed by atoms with E-state index in [1.165, 1.54) is 0 Å². The fourth-order valence-corrected chi connectivity index (χ4v) is 3.09. The molecule has 0 amide bonds. The number of halogens is 1. The van der Waals surface area contributed by atoms with Crippen LogP contribution in [0, 0.1) is 0 Å². The molecule has 1 aliphatic rings. The third-order valence-corrected chi connectivity index (χ3v) is 4.38. The summed E-state index contributed by atoms with van der Waals surface area (Å²) in [6.07, 6.45) is 3.23. The Hall–Kier alpha value is -1.75. The van der Waals surface area contributed by atoms with Crippen molar-refractivity contribution in [1.82, 2.24) is 4.90 Å². The third-order valence-electron chi connectivity index (χ3n) is 4.05. The summed E-state index contributed by atoms with van der Waals surface area (Å²) < 4.78 is 5.19. The van der Waals surface area contributed by atoms with E-state index in [1.807, 2.05) is 23.1 Å². The number of nitrogens with zero attached hydrogens (tertiary/aromatic N) is 2. The Morgan fingerprint density at radius 3 is 2.61 bits per heavy atom. The average molecular weight is 338 g/mol. The monoisotopic (exact) mass is 337 g/mol. The summed E-state index contributed by atoms with van der Waals surface area (Å²) in [4.78, 5) is 14.4. The van der Waals surface area contributed by atoms with E-state index >= 15 is 0 Å². The summed E-state index contributed by atoms with van der Waals surface area (Å²) in [7, 11) is 0. The lowest BCUT2D eigenvalue weighted by Crippen LogP contribution is -2.51. The molecule has 1 aliphatic heterocycles. The molecule has 1 fully saturated rings. The van der Waals surface area contributed by atoms with Crippen molar-refractivity contribution in [2.24, 2.45) is 5.10 Å². The summed E-state index contributed by atoms with van der Waals surface area (Å²) in [5, 5.41) is 4.89. The quantitative estimate of drug-likeness (QED) is 0.393. The van der Waals surface area contributed by atoms with Crippen molar-refractivity contribution in [2.75, 3.05) is 12.0 Å². The zero-order valence-electron chi connectivity index (χ0n) is 13.9.